The summed E-state index contributed by atoms with van der Waals surface area (Å²) in [7, 11) is 1.62. The quantitative estimate of drug-likeness (QED) is 0.340. The minimum Gasteiger partial charge on any atom is -0.444 e. The van der Waals surface area contributed by atoms with E-state index in [9.17, 15) is 22.8 Å². The van der Waals surface area contributed by atoms with Crippen LogP contribution in [0.3, 0.4) is 0 Å². The molecule has 1 N–H and O–H groups in total. The van der Waals surface area contributed by atoms with E-state index in [1.54, 1.807) is 46.9 Å². The van der Waals surface area contributed by atoms with Crippen molar-refractivity contribution in [3.05, 3.63) is 71.2 Å². The molecule has 0 radical (unpaired) electrons. The van der Waals surface area contributed by atoms with Crippen molar-refractivity contribution in [3.8, 4) is 23.0 Å². The maximum absolute atomic E-state index is 13.1. The number of halogens is 3. The smallest absolute Gasteiger partial charge is 0.433 e. The number of aromatic nitrogens is 2. The second kappa shape index (κ2) is 13.6. The molecule has 2 amide bonds. The monoisotopic (exact) mass is 623 g/mol. The van der Waals surface area contributed by atoms with Gasteiger partial charge in [-0.1, -0.05) is 12.0 Å². The van der Waals surface area contributed by atoms with Gasteiger partial charge in [0.1, 0.15) is 22.8 Å². The number of morpholine rings is 1. The minimum atomic E-state index is -4.67. The van der Waals surface area contributed by atoms with Gasteiger partial charge < -0.3 is 19.7 Å². The topological polar surface area (TPSA) is 96.9 Å². The molecule has 0 aliphatic carbocycles. The molecule has 0 spiro atoms. The lowest BCUT2D eigenvalue weighted by atomic mass is 9.99. The Balaban J connectivity index is 1.66. The normalized spacial score (nSPS) is 14.2. The number of anilines is 2. The molecule has 12 heteroatoms. The number of ether oxygens (including phenoxy) is 2. The third kappa shape index (κ3) is 8.95. The molecule has 1 aliphatic heterocycles. The number of amides is 2. The van der Waals surface area contributed by atoms with Gasteiger partial charge in [-0.15, -0.1) is 0 Å². The highest BCUT2D eigenvalue weighted by Gasteiger charge is 2.33. The Morgan fingerprint density at radius 3 is 2.47 bits per heavy atom. The third-order valence-corrected chi connectivity index (χ3v) is 6.94. The van der Waals surface area contributed by atoms with Crippen molar-refractivity contribution in [1.82, 2.24) is 14.9 Å². The predicted octanol–water partition coefficient (Wildman–Crippen LogP) is 6.17. The average Bonchev–Trinajstić information content (AvgIpc) is 2.99. The zero-order chi connectivity index (χ0) is 32.9. The Labute approximate surface area is 260 Å². The molecule has 1 fully saturated rings. The number of aryl methyl sites for hydroxylation is 1. The van der Waals surface area contributed by atoms with Gasteiger partial charge in [-0.05, 0) is 93.6 Å². The van der Waals surface area contributed by atoms with Crippen LogP contribution in [0.5, 0.6) is 0 Å². The second-order valence-corrected chi connectivity index (χ2v) is 11.6. The van der Waals surface area contributed by atoms with Gasteiger partial charge in [0.25, 0.3) is 5.91 Å². The van der Waals surface area contributed by atoms with Gasteiger partial charge in [0.2, 0.25) is 0 Å². The van der Waals surface area contributed by atoms with Gasteiger partial charge in [-0.25, -0.2) is 9.78 Å². The summed E-state index contributed by atoms with van der Waals surface area (Å²) in [4.78, 5) is 37.0. The van der Waals surface area contributed by atoms with Crippen molar-refractivity contribution >= 4 is 23.5 Å². The average molecular weight is 624 g/mol. The Kier molecular flexibility index (Phi) is 10.0. The molecule has 1 aromatic carbocycles. The SMILES string of the molecule is Cc1ccc(NC(=O)c2ccnc(C(F)(F)F)c2)cc1-c1cc(C#CC(C)N(C)C(=O)OC(C)(C)C)nc(N2CCOCC2)c1. The number of hydrogen-bond acceptors (Lipinski definition) is 7. The molecule has 238 valence electrons. The summed E-state index contributed by atoms with van der Waals surface area (Å²) in [6, 6.07) is 10.5. The fourth-order valence-electron chi connectivity index (χ4n) is 4.40. The van der Waals surface area contributed by atoms with E-state index in [1.165, 1.54) is 11.0 Å². The number of carbonyl (C=O) groups is 2. The number of benzene rings is 1. The summed E-state index contributed by atoms with van der Waals surface area (Å²) < 4.78 is 50.4. The van der Waals surface area contributed by atoms with Crippen molar-refractivity contribution in [2.45, 2.75) is 52.4 Å². The molecule has 2 aromatic heterocycles. The van der Waals surface area contributed by atoms with Crippen LogP contribution in [0.4, 0.5) is 29.5 Å². The zero-order valence-electron chi connectivity index (χ0n) is 26.1. The summed E-state index contributed by atoms with van der Waals surface area (Å²) in [6.45, 7) is 11.5. The van der Waals surface area contributed by atoms with Gasteiger partial charge >= 0.3 is 12.3 Å². The van der Waals surface area contributed by atoms with Crippen LogP contribution < -0.4 is 10.2 Å². The predicted molar refractivity (Wildman–Crippen MR) is 165 cm³/mol. The molecule has 45 heavy (non-hydrogen) atoms. The van der Waals surface area contributed by atoms with Crippen LogP contribution in [0.1, 0.15) is 55.0 Å². The van der Waals surface area contributed by atoms with Crippen LogP contribution in [0.2, 0.25) is 0 Å². The highest BCUT2D eigenvalue weighted by molar-refractivity contribution is 6.04. The van der Waals surface area contributed by atoms with E-state index in [-0.39, 0.29) is 5.56 Å². The first-order valence-corrected chi connectivity index (χ1v) is 14.4. The Morgan fingerprint density at radius 2 is 1.80 bits per heavy atom. The lowest BCUT2D eigenvalue weighted by Crippen LogP contribution is -2.38. The van der Waals surface area contributed by atoms with E-state index in [0.29, 0.717) is 49.6 Å². The van der Waals surface area contributed by atoms with Crippen molar-refractivity contribution in [3.63, 3.8) is 0 Å². The third-order valence-electron chi connectivity index (χ3n) is 6.94. The van der Waals surface area contributed by atoms with Crippen LogP contribution in [-0.2, 0) is 15.7 Å². The largest absolute Gasteiger partial charge is 0.444 e. The van der Waals surface area contributed by atoms with Crippen LogP contribution in [-0.4, -0.2) is 71.9 Å². The van der Waals surface area contributed by atoms with Crippen LogP contribution in [0.15, 0.2) is 48.7 Å². The number of nitrogens with zero attached hydrogens (tertiary/aromatic N) is 4. The van der Waals surface area contributed by atoms with E-state index in [2.05, 4.69) is 27.0 Å². The van der Waals surface area contributed by atoms with Crippen molar-refractivity contribution < 1.29 is 32.2 Å². The molecular weight excluding hydrogens is 587 g/mol. The molecule has 1 atom stereocenters. The van der Waals surface area contributed by atoms with Crippen molar-refractivity contribution in [1.29, 1.82) is 0 Å². The Hall–Kier alpha value is -4.63. The summed E-state index contributed by atoms with van der Waals surface area (Å²) in [5.74, 6) is 6.18. The molecule has 1 saturated heterocycles. The maximum atomic E-state index is 13.1. The minimum absolute atomic E-state index is 0.166. The van der Waals surface area contributed by atoms with E-state index < -0.39 is 35.5 Å². The molecule has 3 heterocycles. The Morgan fingerprint density at radius 1 is 1.09 bits per heavy atom. The van der Waals surface area contributed by atoms with Crippen LogP contribution in [0, 0.1) is 18.8 Å². The highest BCUT2D eigenvalue weighted by Crippen LogP contribution is 2.31. The summed E-state index contributed by atoms with van der Waals surface area (Å²) in [5.41, 5.74) is 1.37. The van der Waals surface area contributed by atoms with Gasteiger partial charge in [-0.2, -0.15) is 13.2 Å². The molecule has 9 nitrogen and oxygen atoms in total. The highest BCUT2D eigenvalue weighted by atomic mass is 19.4. The van der Waals surface area contributed by atoms with Crippen molar-refractivity contribution in [2.24, 2.45) is 0 Å². The van der Waals surface area contributed by atoms with E-state index in [4.69, 9.17) is 14.5 Å². The first kappa shape index (κ1) is 33.3. The van der Waals surface area contributed by atoms with E-state index in [1.807, 2.05) is 25.1 Å². The van der Waals surface area contributed by atoms with Crippen LogP contribution >= 0.6 is 0 Å². The standard InChI is InChI=1S/C33H36F3N5O4/c1-21-7-9-26(39-30(42)23-11-12-37-28(18-23)33(34,35)36)20-27(21)24-17-25(38-29(19-24)41-13-15-44-16-14-41)10-8-22(2)40(6)31(43)45-32(3,4)5/h7,9,11-12,17-20,22H,13-16H2,1-6H3,(H,39,42). The van der Waals surface area contributed by atoms with E-state index in [0.717, 1.165) is 22.9 Å². The number of alkyl halides is 3. The number of hydrogen-bond donors (Lipinski definition) is 1. The fourth-order valence-corrected chi connectivity index (χ4v) is 4.40. The second-order valence-electron chi connectivity index (χ2n) is 11.6. The summed E-state index contributed by atoms with van der Waals surface area (Å²) >= 11 is 0. The van der Waals surface area contributed by atoms with Crippen LogP contribution in [0.25, 0.3) is 11.1 Å². The fraction of sp³-hybridized carbons (Fsp3) is 0.394. The molecule has 4 rings (SSSR count). The van der Waals surface area contributed by atoms with Gasteiger partial charge in [-0.3, -0.25) is 14.7 Å². The molecule has 1 aliphatic rings. The molecule has 0 bridgehead atoms. The lowest BCUT2D eigenvalue weighted by Gasteiger charge is -2.28. The van der Waals surface area contributed by atoms with Gasteiger partial charge in [0.05, 0.1) is 19.3 Å². The molecular formula is C33H36F3N5O4. The summed E-state index contributed by atoms with van der Waals surface area (Å²) in [6.07, 6.45) is -4.20. The number of carbonyl (C=O) groups excluding carboxylic acids is 2. The van der Waals surface area contributed by atoms with E-state index >= 15 is 0 Å². The van der Waals surface area contributed by atoms with Crippen molar-refractivity contribution in [2.75, 3.05) is 43.6 Å². The zero-order valence-corrected chi connectivity index (χ0v) is 26.1. The Bertz CT molecular complexity index is 1620. The number of rotatable bonds is 5. The first-order chi connectivity index (χ1) is 21.1. The van der Waals surface area contributed by atoms with Gasteiger partial charge in [0.15, 0.2) is 0 Å². The first-order valence-electron chi connectivity index (χ1n) is 14.4. The maximum Gasteiger partial charge on any atom is 0.433 e. The summed E-state index contributed by atoms with van der Waals surface area (Å²) in [5, 5.41) is 2.69. The number of pyridine rings is 2. The molecule has 1 unspecified atom stereocenters. The lowest BCUT2D eigenvalue weighted by molar-refractivity contribution is -0.141. The number of nitrogens with one attached hydrogen (secondary N) is 1. The molecule has 3 aromatic rings. The molecule has 0 saturated carbocycles. The van der Waals surface area contributed by atoms with Gasteiger partial charge in [0, 0.05) is 37.6 Å².